The fourth-order valence-electron chi connectivity index (χ4n) is 3.31. The summed E-state index contributed by atoms with van der Waals surface area (Å²) in [6, 6.07) is 15.4. The van der Waals surface area contributed by atoms with Crippen molar-refractivity contribution in [2.45, 2.75) is 33.2 Å². The Labute approximate surface area is 196 Å². The largest absolute Gasteiger partial charge is 0.484 e. The number of halogens is 1. The van der Waals surface area contributed by atoms with E-state index in [1.807, 2.05) is 55.5 Å². The minimum Gasteiger partial charge on any atom is -0.484 e. The molecular formula is C25H24ClN3O2S. The van der Waals surface area contributed by atoms with E-state index in [2.05, 4.69) is 18.8 Å². The second-order valence-corrected chi connectivity index (χ2v) is 9.28. The van der Waals surface area contributed by atoms with Crippen LogP contribution in [-0.4, -0.2) is 22.5 Å². The van der Waals surface area contributed by atoms with Gasteiger partial charge in [0.05, 0.1) is 21.8 Å². The molecule has 0 spiro atoms. The van der Waals surface area contributed by atoms with E-state index in [9.17, 15) is 4.79 Å². The van der Waals surface area contributed by atoms with Crippen LogP contribution < -0.4 is 9.64 Å². The predicted molar refractivity (Wildman–Crippen MR) is 131 cm³/mol. The summed E-state index contributed by atoms with van der Waals surface area (Å²) in [7, 11) is 0. The number of amides is 1. The molecule has 0 aliphatic heterocycles. The molecule has 0 N–H and O–H groups in total. The van der Waals surface area contributed by atoms with Gasteiger partial charge in [-0.2, -0.15) is 0 Å². The molecule has 0 saturated heterocycles. The standard InChI is InChI=1S/C25H24ClN3O2S/c1-16(2)19-7-9-20(10-8-19)31-15-22(30)29(14-18-5-4-12-27-13-18)25-28-23-17(3)6-11-21(26)24(23)32-25/h4-13,16H,14-15H2,1-3H3. The van der Waals surface area contributed by atoms with E-state index in [4.69, 9.17) is 21.3 Å². The summed E-state index contributed by atoms with van der Waals surface area (Å²) in [6.07, 6.45) is 3.46. The first kappa shape index (κ1) is 22.2. The van der Waals surface area contributed by atoms with Crippen molar-refractivity contribution in [3.05, 3.63) is 82.6 Å². The van der Waals surface area contributed by atoms with E-state index < -0.39 is 0 Å². The number of carbonyl (C=O) groups excluding carboxylic acids is 1. The van der Waals surface area contributed by atoms with Crippen LogP contribution in [0.15, 0.2) is 60.9 Å². The van der Waals surface area contributed by atoms with Crippen molar-refractivity contribution in [2.75, 3.05) is 11.5 Å². The van der Waals surface area contributed by atoms with Gasteiger partial charge in [-0.3, -0.25) is 14.7 Å². The SMILES string of the molecule is Cc1ccc(Cl)c2sc(N(Cc3cccnc3)C(=O)COc3ccc(C(C)C)cc3)nc12. The summed E-state index contributed by atoms with van der Waals surface area (Å²) in [4.78, 5) is 23.8. The molecule has 2 aromatic carbocycles. The molecular weight excluding hydrogens is 442 g/mol. The van der Waals surface area contributed by atoms with Gasteiger partial charge in [-0.15, -0.1) is 0 Å². The van der Waals surface area contributed by atoms with E-state index >= 15 is 0 Å². The third-order valence-electron chi connectivity index (χ3n) is 5.19. The minimum atomic E-state index is -0.186. The number of aryl methyl sites for hydroxylation is 1. The first-order chi connectivity index (χ1) is 15.4. The van der Waals surface area contributed by atoms with E-state index in [1.165, 1.54) is 16.9 Å². The summed E-state index contributed by atoms with van der Waals surface area (Å²) < 4.78 is 6.68. The smallest absolute Gasteiger partial charge is 0.267 e. The molecule has 164 valence electrons. The molecule has 0 aliphatic rings. The lowest BCUT2D eigenvalue weighted by Gasteiger charge is -2.20. The molecule has 0 aliphatic carbocycles. The van der Waals surface area contributed by atoms with Gasteiger partial charge >= 0.3 is 0 Å². The predicted octanol–water partition coefficient (Wildman–Crippen LogP) is 6.39. The van der Waals surface area contributed by atoms with Gasteiger partial charge in [0.1, 0.15) is 5.75 Å². The molecule has 0 fully saturated rings. The van der Waals surface area contributed by atoms with Crippen LogP contribution in [0.4, 0.5) is 5.13 Å². The Kier molecular flexibility index (Phi) is 6.72. The fraction of sp³-hybridized carbons (Fsp3) is 0.240. The molecule has 0 saturated carbocycles. The summed E-state index contributed by atoms with van der Waals surface area (Å²) in [5.74, 6) is 0.914. The van der Waals surface area contributed by atoms with Gasteiger partial charge in [-0.05, 0) is 53.8 Å². The lowest BCUT2D eigenvalue weighted by molar-refractivity contribution is -0.120. The molecule has 7 heteroatoms. The van der Waals surface area contributed by atoms with Gasteiger partial charge in [0.25, 0.3) is 5.91 Å². The van der Waals surface area contributed by atoms with Crippen molar-refractivity contribution in [3.63, 3.8) is 0 Å². The Morgan fingerprint density at radius 1 is 1.16 bits per heavy atom. The second-order valence-electron chi connectivity index (χ2n) is 7.89. The molecule has 0 bridgehead atoms. The molecule has 4 aromatic rings. The zero-order valence-electron chi connectivity index (χ0n) is 18.2. The average Bonchev–Trinajstić information content (AvgIpc) is 3.26. The number of anilines is 1. The van der Waals surface area contributed by atoms with E-state index in [-0.39, 0.29) is 12.5 Å². The number of nitrogens with zero attached hydrogens (tertiary/aromatic N) is 3. The van der Waals surface area contributed by atoms with Crippen molar-refractivity contribution in [1.82, 2.24) is 9.97 Å². The van der Waals surface area contributed by atoms with Gasteiger partial charge < -0.3 is 4.74 Å². The molecule has 5 nitrogen and oxygen atoms in total. The maximum Gasteiger partial charge on any atom is 0.267 e. The fourth-order valence-corrected chi connectivity index (χ4v) is 4.65. The van der Waals surface area contributed by atoms with Crippen LogP contribution in [0.1, 0.15) is 36.5 Å². The van der Waals surface area contributed by atoms with Crippen LogP contribution in [0.2, 0.25) is 5.02 Å². The number of ether oxygens (including phenoxy) is 1. The Morgan fingerprint density at radius 2 is 1.94 bits per heavy atom. The zero-order valence-corrected chi connectivity index (χ0v) is 19.8. The summed E-state index contributed by atoms with van der Waals surface area (Å²) >= 11 is 7.80. The number of pyridine rings is 1. The van der Waals surface area contributed by atoms with Crippen molar-refractivity contribution in [1.29, 1.82) is 0 Å². The van der Waals surface area contributed by atoms with Crippen LogP contribution in [0.5, 0.6) is 5.75 Å². The van der Waals surface area contributed by atoms with Gasteiger partial charge in [-0.25, -0.2) is 4.98 Å². The van der Waals surface area contributed by atoms with Crippen LogP contribution in [0.3, 0.4) is 0 Å². The maximum atomic E-state index is 13.3. The van der Waals surface area contributed by atoms with Crippen LogP contribution in [-0.2, 0) is 11.3 Å². The highest BCUT2D eigenvalue weighted by Gasteiger charge is 2.22. The monoisotopic (exact) mass is 465 g/mol. The Morgan fingerprint density at radius 3 is 2.59 bits per heavy atom. The molecule has 0 atom stereocenters. The molecule has 0 radical (unpaired) electrons. The van der Waals surface area contributed by atoms with Crippen LogP contribution in [0.25, 0.3) is 10.2 Å². The number of aromatic nitrogens is 2. The summed E-state index contributed by atoms with van der Waals surface area (Å²) in [5, 5.41) is 1.22. The number of hydrogen-bond acceptors (Lipinski definition) is 5. The highest BCUT2D eigenvalue weighted by atomic mass is 35.5. The van der Waals surface area contributed by atoms with Crippen molar-refractivity contribution < 1.29 is 9.53 Å². The zero-order chi connectivity index (χ0) is 22.7. The van der Waals surface area contributed by atoms with Gasteiger partial charge in [0.15, 0.2) is 11.7 Å². The number of thiazole rings is 1. The lowest BCUT2D eigenvalue weighted by atomic mass is 10.0. The Hall–Kier alpha value is -2.96. The summed E-state index contributed by atoms with van der Waals surface area (Å²) in [6.45, 7) is 6.52. The minimum absolute atomic E-state index is 0.0933. The second kappa shape index (κ2) is 9.67. The Bertz CT molecular complexity index is 1180. The molecule has 1 amide bonds. The third-order valence-corrected chi connectivity index (χ3v) is 6.73. The molecule has 2 aromatic heterocycles. The lowest BCUT2D eigenvalue weighted by Crippen LogP contribution is -2.34. The average molecular weight is 466 g/mol. The normalized spacial score (nSPS) is 11.2. The number of rotatable bonds is 7. The topological polar surface area (TPSA) is 55.3 Å². The van der Waals surface area contributed by atoms with Gasteiger partial charge in [0, 0.05) is 12.4 Å². The molecule has 0 unspecified atom stereocenters. The van der Waals surface area contributed by atoms with E-state index in [0.29, 0.717) is 28.4 Å². The highest BCUT2D eigenvalue weighted by Crippen LogP contribution is 2.36. The molecule has 4 rings (SSSR count). The van der Waals surface area contributed by atoms with Crippen molar-refractivity contribution >= 4 is 44.2 Å². The van der Waals surface area contributed by atoms with Gasteiger partial charge in [0.2, 0.25) is 0 Å². The molecule has 2 heterocycles. The number of benzene rings is 2. The van der Waals surface area contributed by atoms with Crippen LogP contribution in [0, 0.1) is 6.92 Å². The quantitative estimate of drug-likeness (QED) is 0.317. The molecule has 32 heavy (non-hydrogen) atoms. The number of carbonyl (C=O) groups is 1. The first-order valence-corrected chi connectivity index (χ1v) is 11.6. The number of fused-ring (bicyclic) bond motifs is 1. The van der Waals surface area contributed by atoms with Crippen molar-refractivity contribution in [2.24, 2.45) is 0 Å². The van der Waals surface area contributed by atoms with E-state index in [0.717, 1.165) is 21.3 Å². The van der Waals surface area contributed by atoms with Crippen LogP contribution >= 0.6 is 22.9 Å². The first-order valence-electron chi connectivity index (χ1n) is 10.4. The summed E-state index contributed by atoms with van der Waals surface area (Å²) in [5.41, 5.74) is 3.96. The Balaban J connectivity index is 1.60. The maximum absolute atomic E-state index is 13.3. The highest BCUT2D eigenvalue weighted by molar-refractivity contribution is 7.23. The van der Waals surface area contributed by atoms with E-state index in [1.54, 1.807) is 17.3 Å². The van der Waals surface area contributed by atoms with Gasteiger partial charge in [-0.1, -0.05) is 61.1 Å². The third kappa shape index (κ3) is 4.92. The number of hydrogen-bond donors (Lipinski definition) is 0. The van der Waals surface area contributed by atoms with Crippen molar-refractivity contribution in [3.8, 4) is 5.75 Å².